The van der Waals surface area contributed by atoms with Crippen LogP contribution in [0.4, 0.5) is 5.69 Å². The lowest BCUT2D eigenvalue weighted by atomic mass is 10.3. The molecule has 0 unspecified atom stereocenters. The number of nitrogens with one attached hydrogen (secondary N) is 1. The van der Waals surface area contributed by atoms with Crippen LogP contribution in [0.1, 0.15) is 5.82 Å². The molecule has 0 radical (unpaired) electrons. The van der Waals surface area contributed by atoms with E-state index < -0.39 is 0 Å². The van der Waals surface area contributed by atoms with Gasteiger partial charge in [-0.1, -0.05) is 36.4 Å². The number of hydrogen-bond acceptors (Lipinski definition) is 3. The summed E-state index contributed by atoms with van der Waals surface area (Å²) in [5, 5.41) is 3.10. The number of para-hydroxylation sites is 3. The maximum atomic E-state index is 6.06. The summed E-state index contributed by atoms with van der Waals surface area (Å²) in [6, 6.07) is 25.2. The first-order chi connectivity index (χ1) is 13.7. The number of aliphatic imine (C=N–C) groups is 1. The second-order valence-corrected chi connectivity index (χ2v) is 6.35. The monoisotopic (exact) mass is 371 g/mol. The van der Waals surface area contributed by atoms with E-state index in [1.165, 1.54) is 0 Å². The fraction of sp³-hybridized carbons (Fsp3) is 0.0909. The normalized spacial score (nSPS) is 11.5. The fourth-order valence-corrected chi connectivity index (χ4v) is 2.94. The molecule has 4 rings (SSSR count). The van der Waals surface area contributed by atoms with Gasteiger partial charge in [-0.05, 0) is 36.4 Å². The van der Waals surface area contributed by atoms with Crippen molar-refractivity contribution in [2.75, 3.05) is 5.32 Å². The van der Waals surface area contributed by atoms with E-state index in [1.807, 2.05) is 90.5 Å². The number of imidazole rings is 1. The average molecular weight is 371 g/mol. The van der Waals surface area contributed by atoms with E-state index in [4.69, 9.17) is 10.5 Å². The van der Waals surface area contributed by atoms with E-state index in [0.717, 1.165) is 34.0 Å². The van der Waals surface area contributed by atoms with Crippen molar-refractivity contribution in [2.24, 2.45) is 17.8 Å². The Kier molecular flexibility index (Phi) is 4.93. The van der Waals surface area contributed by atoms with E-state index >= 15 is 0 Å². The van der Waals surface area contributed by atoms with E-state index in [-0.39, 0.29) is 0 Å². The zero-order chi connectivity index (χ0) is 19.3. The Hall–Kier alpha value is -3.80. The maximum absolute atomic E-state index is 6.06. The zero-order valence-electron chi connectivity index (χ0n) is 15.5. The Morgan fingerprint density at radius 3 is 2.57 bits per heavy atom. The summed E-state index contributed by atoms with van der Waals surface area (Å²) in [4.78, 5) is 9.02. The highest BCUT2D eigenvalue weighted by Crippen LogP contribution is 2.23. The summed E-state index contributed by atoms with van der Waals surface area (Å²) >= 11 is 0. The molecule has 1 heterocycles. The van der Waals surface area contributed by atoms with Gasteiger partial charge in [-0.25, -0.2) is 9.98 Å². The fourth-order valence-electron chi connectivity index (χ4n) is 2.94. The summed E-state index contributed by atoms with van der Waals surface area (Å²) < 4.78 is 7.87. The van der Waals surface area contributed by atoms with Crippen LogP contribution < -0.4 is 15.8 Å². The van der Waals surface area contributed by atoms with Crippen LogP contribution >= 0.6 is 0 Å². The maximum Gasteiger partial charge on any atom is 0.193 e. The Labute approximate surface area is 163 Å². The van der Waals surface area contributed by atoms with Gasteiger partial charge in [0.1, 0.15) is 23.9 Å². The van der Waals surface area contributed by atoms with Gasteiger partial charge >= 0.3 is 0 Å². The minimum absolute atomic E-state index is 0.323. The molecule has 0 spiro atoms. The number of nitrogens with two attached hydrogens (primary N) is 1. The molecule has 0 fully saturated rings. The topological polar surface area (TPSA) is 77.5 Å². The molecule has 0 aliphatic rings. The molecule has 0 amide bonds. The zero-order valence-corrected chi connectivity index (χ0v) is 15.5. The van der Waals surface area contributed by atoms with Gasteiger partial charge in [-0.3, -0.25) is 0 Å². The molecule has 6 nitrogen and oxygen atoms in total. The lowest BCUT2D eigenvalue weighted by Crippen LogP contribution is -2.22. The van der Waals surface area contributed by atoms with Crippen LogP contribution in [0.2, 0.25) is 0 Å². The van der Waals surface area contributed by atoms with Gasteiger partial charge in [0.15, 0.2) is 5.96 Å². The molecule has 0 atom stereocenters. The molecule has 0 aliphatic heterocycles. The first-order valence-corrected chi connectivity index (χ1v) is 8.99. The van der Waals surface area contributed by atoms with Gasteiger partial charge in [0.2, 0.25) is 0 Å². The van der Waals surface area contributed by atoms with Crippen molar-refractivity contribution < 1.29 is 4.74 Å². The first kappa shape index (κ1) is 17.6. The van der Waals surface area contributed by atoms with Gasteiger partial charge < -0.3 is 20.4 Å². The third-order valence-electron chi connectivity index (χ3n) is 4.36. The lowest BCUT2D eigenvalue weighted by molar-refractivity contribution is 0.483. The highest BCUT2D eigenvalue weighted by molar-refractivity contribution is 5.92. The smallest absolute Gasteiger partial charge is 0.193 e. The predicted molar refractivity (Wildman–Crippen MR) is 113 cm³/mol. The quantitative estimate of drug-likeness (QED) is 0.405. The van der Waals surface area contributed by atoms with Gasteiger partial charge in [-0.15, -0.1) is 0 Å². The summed E-state index contributed by atoms with van der Waals surface area (Å²) in [6.07, 6.45) is 0. The summed E-state index contributed by atoms with van der Waals surface area (Å²) in [7, 11) is 1.98. The minimum Gasteiger partial charge on any atom is -0.457 e. The van der Waals surface area contributed by atoms with Crippen LogP contribution in [0.25, 0.3) is 11.0 Å². The third kappa shape index (κ3) is 3.96. The third-order valence-corrected chi connectivity index (χ3v) is 4.36. The highest BCUT2D eigenvalue weighted by atomic mass is 16.5. The number of aromatic nitrogens is 2. The molecule has 28 heavy (non-hydrogen) atoms. The van der Waals surface area contributed by atoms with Crippen LogP contribution in [-0.4, -0.2) is 15.5 Å². The molecular weight excluding hydrogens is 350 g/mol. The van der Waals surface area contributed by atoms with E-state index in [9.17, 15) is 0 Å². The van der Waals surface area contributed by atoms with Crippen LogP contribution in [0.15, 0.2) is 83.9 Å². The van der Waals surface area contributed by atoms with Gasteiger partial charge in [0.25, 0.3) is 0 Å². The number of anilines is 1. The van der Waals surface area contributed by atoms with Crippen LogP contribution in [0.3, 0.4) is 0 Å². The van der Waals surface area contributed by atoms with Gasteiger partial charge in [0, 0.05) is 18.8 Å². The highest BCUT2D eigenvalue weighted by Gasteiger charge is 2.06. The van der Waals surface area contributed by atoms with E-state index in [2.05, 4.69) is 15.3 Å². The van der Waals surface area contributed by atoms with E-state index in [1.54, 1.807) is 0 Å². The predicted octanol–water partition coefficient (Wildman–Crippen LogP) is 4.29. The van der Waals surface area contributed by atoms with Crippen LogP contribution in [0.5, 0.6) is 11.5 Å². The van der Waals surface area contributed by atoms with Gasteiger partial charge in [-0.2, -0.15) is 0 Å². The van der Waals surface area contributed by atoms with Crippen molar-refractivity contribution in [1.29, 1.82) is 0 Å². The molecule has 1 aromatic heterocycles. The summed E-state index contributed by atoms with van der Waals surface area (Å²) in [5.74, 6) is 2.68. The number of nitrogens with zero attached hydrogens (tertiary/aromatic N) is 3. The molecule has 6 heteroatoms. The second kappa shape index (κ2) is 7.84. The van der Waals surface area contributed by atoms with Crippen molar-refractivity contribution in [3.05, 3.63) is 84.7 Å². The van der Waals surface area contributed by atoms with Crippen molar-refractivity contribution in [3.63, 3.8) is 0 Å². The molecule has 3 N–H and O–H groups in total. The van der Waals surface area contributed by atoms with Crippen molar-refractivity contribution in [3.8, 4) is 11.5 Å². The lowest BCUT2D eigenvalue weighted by Gasteiger charge is -2.09. The second-order valence-electron chi connectivity index (χ2n) is 6.35. The summed E-state index contributed by atoms with van der Waals surface area (Å²) in [5.41, 5.74) is 8.89. The standard InChI is InChI=1S/C22H21N5O/c1-27-20-13-6-5-12-19(20)26-21(27)15-24-22(23)25-16-8-7-11-18(14-16)28-17-9-3-2-4-10-17/h2-14H,15H2,1H3,(H3,23,24,25). The molecule has 4 aromatic rings. The number of hydrogen-bond donors (Lipinski definition) is 2. The Morgan fingerprint density at radius 1 is 1.00 bits per heavy atom. The van der Waals surface area contributed by atoms with Crippen molar-refractivity contribution >= 4 is 22.7 Å². The molecule has 140 valence electrons. The Bertz CT molecular complexity index is 1120. The SMILES string of the molecule is Cn1c(CN=C(N)Nc2cccc(Oc3ccccc3)c2)nc2ccccc21. The number of aryl methyl sites for hydroxylation is 1. The molecule has 0 saturated carbocycles. The number of rotatable bonds is 5. The Morgan fingerprint density at radius 2 is 1.75 bits per heavy atom. The molecular formula is C22H21N5O. The van der Waals surface area contributed by atoms with E-state index in [0.29, 0.717) is 12.5 Å². The van der Waals surface area contributed by atoms with Gasteiger partial charge in [0.05, 0.1) is 11.0 Å². The molecule has 3 aromatic carbocycles. The molecule has 0 aliphatic carbocycles. The molecule has 0 saturated heterocycles. The van der Waals surface area contributed by atoms with Crippen LogP contribution in [0, 0.1) is 0 Å². The average Bonchev–Trinajstić information content (AvgIpc) is 3.03. The largest absolute Gasteiger partial charge is 0.457 e. The number of fused-ring (bicyclic) bond motifs is 1. The van der Waals surface area contributed by atoms with Crippen molar-refractivity contribution in [2.45, 2.75) is 6.54 Å². The number of guanidine groups is 1. The number of ether oxygens (including phenoxy) is 1. The van der Waals surface area contributed by atoms with Crippen molar-refractivity contribution in [1.82, 2.24) is 9.55 Å². The minimum atomic E-state index is 0.323. The van der Waals surface area contributed by atoms with Crippen LogP contribution in [-0.2, 0) is 13.6 Å². The summed E-state index contributed by atoms with van der Waals surface area (Å²) in [6.45, 7) is 0.393. The first-order valence-electron chi connectivity index (χ1n) is 8.99. The Balaban J connectivity index is 1.44. The number of benzene rings is 3. The molecule has 0 bridgehead atoms.